The van der Waals surface area contributed by atoms with Gasteiger partial charge in [0.25, 0.3) is 11.5 Å². The van der Waals surface area contributed by atoms with Gasteiger partial charge in [-0.15, -0.1) is 13.2 Å². The van der Waals surface area contributed by atoms with Gasteiger partial charge in [0, 0.05) is 18.2 Å². The minimum atomic E-state index is -4.86. The summed E-state index contributed by atoms with van der Waals surface area (Å²) in [6.07, 6.45) is -4.86. The standard InChI is InChI=1S/C17H14ClF3N4O4/c1-7-12(15(26)22-13-8(2)25(3)23-16(13)27)24-29-14(7)10-5-4-9(6-11(10)18)28-17(19,20)21/h4-6H,1-3H3,(H,22,26)(H,23,27). The Morgan fingerprint density at radius 3 is 2.59 bits per heavy atom. The number of nitrogens with zero attached hydrogens (tertiary/aromatic N) is 2. The highest BCUT2D eigenvalue weighted by molar-refractivity contribution is 6.33. The van der Waals surface area contributed by atoms with Gasteiger partial charge < -0.3 is 14.6 Å². The molecule has 1 amide bonds. The first-order chi connectivity index (χ1) is 13.5. The summed E-state index contributed by atoms with van der Waals surface area (Å²) in [5.41, 5.74) is 0.497. The Balaban J connectivity index is 1.89. The fraction of sp³-hybridized carbons (Fsp3) is 0.235. The van der Waals surface area contributed by atoms with Crippen LogP contribution in [0.3, 0.4) is 0 Å². The van der Waals surface area contributed by atoms with Crippen molar-refractivity contribution in [3.8, 4) is 17.1 Å². The van der Waals surface area contributed by atoms with E-state index in [1.54, 1.807) is 14.0 Å². The number of aryl methyl sites for hydroxylation is 1. The Hall–Kier alpha value is -3.21. The van der Waals surface area contributed by atoms with E-state index in [9.17, 15) is 22.8 Å². The van der Waals surface area contributed by atoms with Gasteiger partial charge in [-0.25, -0.2) is 0 Å². The van der Waals surface area contributed by atoms with E-state index in [1.807, 2.05) is 0 Å². The highest BCUT2D eigenvalue weighted by Crippen LogP contribution is 2.35. The summed E-state index contributed by atoms with van der Waals surface area (Å²) < 4.78 is 47.4. The number of benzene rings is 1. The van der Waals surface area contributed by atoms with Gasteiger partial charge in [0.1, 0.15) is 11.4 Å². The number of ether oxygens (including phenoxy) is 1. The van der Waals surface area contributed by atoms with Gasteiger partial charge in [-0.1, -0.05) is 16.8 Å². The summed E-state index contributed by atoms with van der Waals surface area (Å²) >= 11 is 6.04. The van der Waals surface area contributed by atoms with Crippen LogP contribution in [0.25, 0.3) is 11.3 Å². The lowest BCUT2D eigenvalue weighted by atomic mass is 10.1. The molecule has 12 heteroatoms. The van der Waals surface area contributed by atoms with E-state index < -0.39 is 23.6 Å². The molecule has 2 N–H and O–H groups in total. The normalized spacial score (nSPS) is 11.6. The number of nitrogens with one attached hydrogen (secondary N) is 2. The van der Waals surface area contributed by atoms with Gasteiger partial charge in [0.15, 0.2) is 11.5 Å². The number of rotatable bonds is 4. The van der Waals surface area contributed by atoms with E-state index in [1.165, 1.54) is 17.7 Å². The molecule has 0 aliphatic heterocycles. The van der Waals surface area contributed by atoms with Gasteiger partial charge >= 0.3 is 6.36 Å². The number of H-pyrrole nitrogens is 1. The molecule has 2 aromatic heterocycles. The van der Waals surface area contributed by atoms with Gasteiger partial charge in [0.2, 0.25) is 0 Å². The van der Waals surface area contributed by atoms with Gasteiger partial charge in [-0.3, -0.25) is 19.4 Å². The number of halogens is 4. The molecule has 0 aliphatic carbocycles. The molecule has 8 nitrogen and oxygen atoms in total. The largest absolute Gasteiger partial charge is 0.573 e. The van der Waals surface area contributed by atoms with Crippen molar-refractivity contribution in [2.75, 3.05) is 5.32 Å². The molecule has 2 heterocycles. The summed E-state index contributed by atoms with van der Waals surface area (Å²) in [6.45, 7) is 3.16. The zero-order chi connectivity index (χ0) is 21.5. The number of carbonyl (C=O) groups is 1. The van der Waals surface area contributed by atoms with Crippen molar-refractivity contribution in [2.45, 2.75) is 20.2 Å². The van der Waals surface area contributed by atoms with Crippen LogP contribution in [-0.2, 0) is 7.05 Å². The van der Waals surface area contributed by atoms with E-state index in [-0.39, 0.29) is 27.7 Å². The second kappa shape index (κ2) is 7.32. The summed E-state index contributed by atoms with van der Waals surface area (Å²) in [4.78, 5) is 24.4. The average molecular weight is 431 g/mol. The number of hydrogen-bond donors (Lipinski definition) is 2. The molecule has 154 valence electrons. The van der Waals surface area contributed by atoms with Crippen molar-refractivity contribution >= 4 is 23.2 Å². The molecule has 0 radical (unpaired) electrons. The Morgan fingerprint density at radius 1 is 1.34 bits per heavy atom. The molecular weight excluding hydrogens is 417 g/mol. The zero-order valence-electron chi connectivity index (χ0n) is 15.3. The number of amides is 1. The van der Waals surface area contributed by atoms with Crippen molar-refractivity contribution in [2.24, 2.45) is 7.05 Å². The smallest absolute Gasteiger partial charge is 0.406 e. The van der Waals surface area contributed by atoms with Crippen molar-refractivity contribution in [1.29, 1.82) is 0 Å². The Bertz CT molecular complexity index is 1150. The minimum Gasteiger partial charge on any atom is -0.406 e. The van der Waals surface area contributed by atoms with Gasteiger partial charge in [-0.2, -0.15) is 0 Å². The van der Waals surface area contributed by atoms with Crippen molar-refractivity contribution in [1.82, 2.24) is 14.9 Å². The summed E-state index contributed by atoms with van der Waals surface area (Å²) in [5.74, 6) is -1.09. The lowest BCUT2D eigenvalue weighted by Gasteiger charge is -2.10. The zero-order valence-corrected chi connectivity index (χ0v) is 16.0. The lowest BCUT2D eigenvalue weighted by Crippen LogP contribution is -2.18. The number of aromatic amines is 1. The maximum absolute atomic E-state index is 12.5. The highest BCUT2D eigenvalue weighted by Gasteiger charge is 2.31. The topological polar surface area (TPSA) is 102 Å². The molecule has 3 aromatic rings. The van der Waals surface area contributed by atoms with E-state index in [2.05, 4.69) is 20.3 Å². The average Bonchev–Trinajstić information content (AvgIpc) is 3.08. The maximum Gasteiger partial charge on any atom is 0.573 e. The first-order valence-electron chi connectivity index (χ1n) is 8.07. The van der Waals surface area contributed by atoms with Crippen LogP contribution in [0.2, 0.25) is 5.02 Å². The number of aromatic nitrogens is 3. The van der Waals surface area contributed by atoms with E-state index in [4.69, 9.17) is 16.1 Å². The van der Waals surface area contributed by atoms with Crippen LogP contribution in [0.15, 0.2) is 27.5 Å². The molecule has 29 heavy (non-hydrogen) atoms. The summed E-state index contributed by atoms with van der Waals surface area (Å²) in [5, 5.41) is 8.58. The molecule has 0 aliphatic rings. The van der Waals surface area contributed by atoms with Crippen LogP contribution in [-0.4, -0.2) is 27.2 Å². The van der Waals surface area contributed by atoms with Gasteiger partial charge in [-0.05, 0) is 32.0 Å². The second-order valence-corrected chi connectivity index (χ2v) is 6.50. The van der Waals surface area contributed by atoms with Gasteiger partial charge in [0.05, 0.1) is 10.7 Å². The first-order valence-corrected chi connectivity index (χ1v) is 8.44. The summed E-state index contributed by atoms with van der Waals surface area (Å²) in [6, 6.07) is 3.28. The second-order valence-electron chi connectivity index (χ2n) is 6.09. The maximum atomic E-state index is 12.5. The molecule has 1 aromatic carbocycles. The van der Waals surface area contributed by atoms with Crippen LogP contribution in [0.5, 0.6) is 5.75 Å². The number of alkyl halides is 3. The number of carbonyl (C=O) groups excluding carboxylic acids is 1. The molecule has 0 bridgehead atoms. The predicted molar refractivity (Wildman–Crippen MR) is 97.1 cm³/mol. The first kappa shape index (κ1) is 20.5. The third kappa shape index (κ3) is 4.14. The fourth-order valence-electron chi connectivity index (χ4n) is 2.62. The Labute approximate surface area is 166 Å². The van der Waals surface area contributed by atoms with Crippen LogP contribution >= 0.6 is 11.6 Å². The molecule has 0 fully saturated rings. The molecule has 3 rings (SSSR count). The van der Waals surface area contributed by atoms with Crippen molar-refractivity contribution in [3.63, 3.8) is 0 Å². The Kier molecular flexibility index (Phi) is 5.18. The molecular formula is C17H14ClF3N4O4. The fourth-order valence-corrected chi connectivity index (χ4v) is 2.88. The third-order valence-corrected chi connectivity index (χ3v) is 4.47. The van der Waals surface area contributed by atoms with Crippen LogP contribution in [0, 0.1) is 13.8 Å². The lowest BCUT2D eigenvalue weighted by molar-refractivity contribution is -0.274. The summed E-state index contributed by atoms with van der Waals surface area (Å²) in [7, 11) is 1.61. The molecule has 0 saturated carbocycles. The molecule has 0 saturated heterocycles. The highest BCUT2D eigenvalue weighted by atomic mass is 35.5. The van der Waals surface area contributed by atoms with Crippen molar-refractivity contribution in [3.05, 3.63) is 50.5 Å². The number of hydrogen-bond acceptors (Lipinski definition) is 5. The van der Waals surface area contributed by atoms with Crippen molar-refractivity contribution < 1.29 is 27.2 Å². The predicted octanol–water partition coefficient (Wildman–Crippen LogP) is 3.79. The number of anilines is 1. The molecule has 0 unspecified atom stereocenters. The van der Waals surface area contributed by atoms with E-state index in [0.717, 1.165) is 12.1 Å². The SMILES string of the molecule is Cc1c(C(=O)Nc2c(C)n(C)[nH]c2=O)noc1-c1ccc(OC(F)(F)F)cc1Cl. The minimum absolute atomic E-state index is 0.0631. The molecule has 0 spiro atoms. The monoisotopic (exact) mass is 430 g/mol. The van der Waals surface area contributed by atoms with Crippen LogP contribution in [0.4, 0.5) is 18.9 Å². The Morgan fingerprint density at radius 2 is 2.03 bits per heavy atom. The quantitative estimate of drug-likeness (QED) is 0.655. The van der Waals surface area contributed by atoms with E-state index in [0.29, 0.717) is 11.3 Å². The molecule has 0 atom stereocenters. The van der Waals surface area contributed by atoms with E-state index >= 15 is 0 Å². The van der Waals surface area contributed by atoms with Crippen LogP contribution in [0.1, 0.15) is 21.7 Å². The third-order valence-electron chi connectivity index (χ3n) is 4.16. The van der Waals surface area contributed by atoms with Crippen LogP contribution < -0.4 is 15.6 Å².